The highest BCUT2D eigenvalue weighted by molar-refractivity contribution is 7.99. The van der Waals surface area contributed by atoms with Gasteiger partial charge in [-0.1, -0.05) is 51.4 Å². The van der Waals surface area contributed by atoms with E-state index in [2.05, 4.69) is 4.72 Å². The maximum absolute atomic E-state index is 11.8. The lowest BCUT2D eigenvalue weighted by Crippen LogP contribution is -2.31. The molecule has 0 aliphatic carbocycles. The number of ether oxygens (including phenoxy) is 1. The molecule has 0 aliphatic rings. The minimum Gasteiger partial charge on any atom is -0.480 e. The molecule has 0 heterocycles. The normalized spacial score (nSPS) is 12.8. The maximum atomic E-state index is 11.8. The summed E-state index contributed by atoms with van der Waals surface area (Å²) in [7, 11) is 0. The van der Waals surface area contributed by atoms with Gasteiger partial charge in [-0.05, 0) is 42.0 Å². The number of nitrogens with one attached hydrogen (secondary N) is 1. The Balaban J connectivity index is 2.51. The molecule has 0 saturated carbocycles. The quantitative estimate of drug-likeness (QED) is 0.656. The monoisotopic (exact) mass is 373 g/mol. The van der Waals surface area contributed by atoms with E-state index < -0.39 is 22.7 Å². The van der Waals surface area contributed by atoms with Crippen molar-refractivity contribution >= 4 is 35.6 Å². The van der Waals surface area contributed by atoms with Crippen LogP contribution in [-0.4, -0.2) is 29.0 Å². The summed E-state index contributed by atoms with van der Waals surface area (Å²) in [5, 5.41) is 9.07. The van der Waals surface area contributed by atoms with Crippen molar-refractivity contribution < 1.29 is 19.4 Å². The molecule has 0 radical (unpaired) electrons. The number of carbonyl (C=O) groups excluding carboxylic acids is 1. The Morgan fingerprint density at radius 2 is 2.04 bits per heavy atom. The highest BCUT2D eigenvalue weighted by atomic mass is 35.5. The molecule has 0 bridgehead atoms. The summed E-state index contributed by atoms with van der Waals surface area (Å²) < 4.78 is 7.68. The number of hydrogen-bond acceptors (Lipinski definition) is 4. The number of halogens is 1. The molecule has 7 heteroatoms. The van der Waals surface area contributed by atoms with Crippen LogP contribution < -0.4 is 4.72 Å². The molecular formula is C17H24ClNO4S. The summed E-state index contributed by atoms with van der Waals surface area (Å²) >= 11 is 6.86. The van der Waals surface area contributed by atoms with Crippen LogP contribution in [0.15, 0.2) is 24.3 Å². The first-order valence-electron chi connectivity index (χ1n) is 7.69. The molecule has 1 aromatic carbocycles. The minimum atomic E-state index is -0.951. The van der Waals surface area contributed by atoms with E-state index >= 15 is 0 Å². The third kappa shape index (κ3) is 7.01. The van der Waals surface area contributed by atoms with Crippen molar-refractivity contribution in [2.75, 3.05) is 6.61 Å². The highest BCUT2D eigenvalue weighted by Gasteiger charge is 2.25. The molecule has 0 fully saturated rings. The molecule has 5 nitrogen and oxygen atoms in total. The SMILES string of the molecule is CC(C)C[C@H](SNC(=O)OCC(C)(C)c1cccc(Cl)c1)C(=O)O. The third-order valence-electron chi connectivity index (χ3n) is 3.42. The molecule has 1 rings (SSSR count). The lowest BCUT2D eigenvalue weighted by molar-refractivity contribution is -0.136. The number of aliphatic carboxylic acids is 1. The standard InChI is InChI=1S/C17H24ClNO4S/c1-11(2)8-14(15(20)21)24-19-16(22)23-10-17(3,4)12-6-5-7-13(18)9-12/h5-7,9,11,14H,8,10H2,1-4H3,(H,19,22)(H,20,21)/t14-/m0/s1. The second-order valence-electron chi connectivity index (χ2n) is 6.65. The molecule has 2 N–H and O–H groups in total. The second-order valence-corrected chi connectivity index (χ2v) is 8.09. The second kappa shape index (κ2) is 9.18. The van der Waals surface area contributed by atoms with Crippen molar-refractivity contribution in [3.8, 4) is 0 Å². The lowest BCUT2D eigenvalue weighted by atomic mass is 9.86. The van der Waals surface area contributed by atoms with Crippen LogP contribution in [0.25, 0.3) is 0 Å². The van der Waals surface area contributed by atoms with E-state index in [1.807, 2.05) is 45.9 Å². The average Bonchev–Trinajstić information content (AvgIpc) is 2.49. The van der Waals surface area contributed by atoms with Gasteiger partial charge in [0.1, 0.15) is 11.9 Å². The van der Waals surface area contributed by atoms with Gasteiger partial charge in [-0.25, -0.2) is 4.79 Å². The predicted molar refractivity (Wildman–Crippen MR) is 97.4 cm³/mol. The molecule has 0 aromatic heterocycles. The van der Waals surface area contributed by atoms with Gasteiger partial charge < -0.3 is 9.84 Å². The van der Waals surface area contributed by atoms with Gasteiger partial charge in [-0.2, -0.15) is 0 Å². The van der Waals surface area contributed by atoms with Gasteiger partial charge >= 0.3 is 12.1 Å². The molecule has 0 spiro atoms. The number of carboxylic acid groups (broad SMARTS) is 1. The van der Waals surface area contributed by atoms with Crippen LogP contribution in [0, 0.1) is 5.92 Å². The first kappa shape index (κ1) is 20.6. The Labute approximate surface area is 152 Å². The van der Waals surface area contributed by atoms with Gasteiger partial charge in [0.25, 0.3) is 0 Å². The number of benzene rings is 1. The fourth-order valence-corrected chi connectivity index (χ4v) is 3.08. The lowest BCUT2D eigenvalue weighted by Gasteiger charge is -2.25. The summed E-state index contributed by atoms with van der Waals surface area (Å²) in [6.07, 6.45) is -0.181. The van der Waals surface area contributed by atoms with Gasteiger partial charge in [0.15, 0.2) is 0 Å². The zero-order valence-corrected chi connectivity index (χ0v) is 15.9. The number of hydrogen-bond donors (Lipinski definition) is 2. The first-order chi connectivity index (χ1) is 11.1. The smallest absolute Gasteiger partial charge is 0.417 e. The molecule has 0 saturated heterocycles. The van der Waals surface area contributed by atoms with Crippen LogP contribution in [0.3, 0.4) is 0 Å². The van der Waals surface area contributed by atoms with E-state index in [1.165, 1.54) is 0 Å². The van der Waals surface area contributed by atoms with Gasteiger partial charge in [0.2, 0.25) is 0 Å². The molecule has 0 aliphatic heterocycles. The summed E-state index contributed by atoms with van der Waals surface area (Å²) in [5.41, 5.74) is 0.551. The van der Waals surface area contributed by atoms with Crippen LogP contribution in [0.2, 0.25) is 5.02 Å². The Kier molecular flexibility index (Phi) is 7.90. The molecule has 1 amide bonds. The largest absolute Gasteiger partial charge is 0.480 e. The fourth-order valence-electron chi connectivity index (χ4n) is 2.01. The Morgan fingerprint density at radius 3 is 2.58 bits per heavy atom. The van der Waals surface area contributed by atoms with Crippen LogP contribution >= 0.6 is 23.5 Å². The molecule has 134 valence electrons. The first-order valence-corrected chi connectivity index (χ1v) is 8.95. The van der Waals surface area contributed by atoms with Crippen LogP contribution in [-0.2, 0) is 14.9 Å². The van der Waals surface area contributed by atoms with E-state index in [4.69, 9.17) is 21.4 Å². The Bertz CT molecular complexity index is 577. The van der Waals surface area contributed by atoms with Gasteiger partial charge in [-0.15, -0.1) is 0 Å². The topological polar surface area (TPSA) is 75.6 Å². The van der Waals surface area contributed by atoms with E-state index in [0.717, 1.165) is 17.5 Å². The Hall–Kier alpha value is -1.40. The summed E-state index contributed by atoms with van der Waals surface area (Å²) in [6, 6.07) is 7.39. The maximum Gasteiger partial charge on any atom is 0.417 e. The van der Waals surface area contributed by atoms with E-state index in [9.17, 15) is 9.59 Å². The summed E-state index contributed by atoms with van der Waals surface area (Å²) in [4.78, 5) is 23.0. The van der Waals surface area contributed by atoms with Crippen LogP contribution in [0.4, 0.5) is 4.79 Å². The van der Waals surface area contributed by atoms with Gasteiger partial charge in [-0.3, -0.25) is 9.52 Å². The van der Waals surface area contributed by atoms with Crippen LogP contribution in [0.5, 0.6) is 0 Å². The zero-order chi connectivity index (χ0) is 18.3. The van der Waals surface area contributed by atoms with Crippen LogP contribution in [0.1, 0.15) is 39.7 Å². The summed E-state index contributed by atoms with van der Waals surface area (Å²) in [6.45, 7) is 7.90. The van der Waals surface area contributed by atoms with E-state index in [-0.39, 0.29) is 12.5 Å². The van der Waals surface area contributed by atoms with E-state index in [1.54, 1.807) is 6.07 Å². The zero-order valence-electron chi connectivity index (χ0n) is 14.3. The highest BCUT2D eigenvalue weighted by Crippen LogP contribution is 2.26. The minimum absolute atomic E-state index is 0.154. The number of amides is 1. The molecule has 24 heavy (non-hydrogen) atoms. The molecule has 1 atom stereocenters. The summed E-state index contributed by atoms with van der Waals surface area (Å²) in [5.74, 6) is -0.730. The van der Waals surface area contributed by atoms with Crippen molar-refractivity contribution in [3.05, 3.63) is 34.9 Å². The predicted octanol–water partition coefficient (Wildman–Crippen LogP) is 4.49. The molecular weight excluding hydrogens is 350 g/mol. The fraction of sp³-hybridized carbons (Fsp3) is 0.529. The molecule has 0 unspecified atom stereocenters. The number of rotatable bonds is 8. The van der Waals surface area contributed by atoms with Crippen molar-refractivity contribution in [1.82, 2.24) is 4.72 Å². The number of carbonyl (C=O) groups is 2. The van der Waals surface area contributed by atoms with E-state index in [0.29, 0.717) is 11.4 Å². The number of carboxylic acids is 1. The Morgan fingerprint density at radius 1 is 1.38 bits per heavy atom. The van der Waals surface area contributed by atoms with Crippen molar-refractivity contribution in [2.45, 2.75) is 44.8 Å². The van der Waals surface area contributed by atoms with Gasteiger partial charge in [0, 0.05) is 10.4 Å². The van der Waals surface area contributed by atoms with Crippen molar-refractivity contribution in [3.63, 3.8) is 0 Å². The average molecular weight is 374 g/mol. The van der Waals surface area contributed by atoms with Crippen molar-refractivity contribution in [2.24, 2.45) is 5.92 Å². The third-order valence-corrected chi connectivity index (χ3v) is 4.61. The van der Waals surface area contributed by atoms with Gasteiger partial charge in [0.05, 0.1) is 0 Å². The van der Waals surface area contributed by atoms with Crippen molar-refractivity contribution in [1.29, 1.82) is 0 Å². The molecule has 1 aromatic rings.